The lowest BCUT2D eigenvalue weighted by Gasteiger charge is -2.12. The zero-order chi connectivity index (χ0) is 22.1. The molecule has 31 heavy (non-hydrogen) atoms. The number of nitrogens with zero attached hydrogens (tertiary/aromatic N) is 2. The summed E-state index contributed by atoms with van der Waals surface area (Å²) in [7, 11) is 0. The van der Waals surface area contributed by atoms with Gasteiger partial charge in [0, 0.05) is 27.1 Å². The molecule has 0 saturated heterocycles. The highest BCUT2D eigenvalue weighted by Crippen LogP contribution is 2.30. The van der Waals surface area contributed by atoms with E-state index in [0.717, 1.165) is 37.9 Å². The minimum absolute atomic E-state index is 0.0784. The van der Waals surface area contributed by atoms with Crippen molar-refractivity contribution < 1.29 is 9.90 Å². The van der Waals surface area contributed by atoms with Crippen molar-refractivity contribution in [3.05, 3.63) is 93.2 Å². The summed E-state index contributed by atoms with van der Waals surface area (Å²) in [6.07, 6.45) is 1.62. The highest BCUT2D eigenvalue weighted by Gasteiger charge is 2.17. The number of benzene rings is 3. The SMILES string of the molecule is Cc1ccccc1-n1c(C)c(Br)c(/C=N\NC(=O)c2cc3ccccc3cc2O)c1C. The number of aromatic hydroxyl groups is 1. The van der Waals surface area contributed by atoms with E-state index in [9.17, 15) is 9.90 Å². The molecule has 1 amide bonds. The lowest BCUT2D eigenvalue weighted by atomic mass is 10.1. The van der Waals surface area contributed by atoms with E-state index in [1.807, 2.05) is 50.2 Å². The van der Waals surface area contributed by atoms with Crippen LogP contribution in [-0.4, -0.2) is 21.8 Å². The fourth-order valence-electron chi connectivity index (χ4n) is 3.78. The van der Waals surface area contributed by atoms with Crippen LogP contribution in [0.1, 0.15) is 32.9 Å². The van der Waals surface area contributed by atoms with Gasteiger partial charge >= 0.3 is 0 Å². The molecule has 0 saturated carbocycles. The molecule has 3 aromatic carbocycles. The smallest absolute Gasteiger partial charge is 0.275 e. The number of aryl methyl sites for hydroxylation is 1. The van der Waals surface area contributed by atoms with Crippen molar-refractivity contribution in [2.24, 2.45) is 5.10 Å². The number of carbonyl (C=O) groups excluding carboxylic acids is 1. The summed E-state index contributed by atoms with van der Waals surface area (Å²) in [5.41, 5.74) is 7.91. The van der Waals surface area contributed by atoms with Gasteiger partial charge in [0.25, 0.3) is 5.91 Å². The van der Waals surface area contributed by atoms with Crippen LogP contribution in [0.5, 0.6) is 5.75 Å². The molecule has 156 valence electrons. The van der Waals surface area contributed by atoms with Crippen LogP contribution in [0, 0.1) is 20.8 Å². The highest BCUT2D eigenvalue weighted by atomic mass is 79.9. The Hall–Kier alpha value is -3.38. The Morgan fingerprint density at radius 3 is 2.35 bits per heavy atom. The molecule has 0 bridgehead atoms. The second-order valence-corrected chi connectivity index (χ2v) is 8.23. The van der Waals surface area contributed by atoms with Crippen molar-refractivity contribution in [3.63, 3.8) is 0 Å². The summed E-state index contributed by atoms with van der Waals surface area (Å²) in [6, 6.07) is 19.0. The minimum Gasteiger partial charge on any atom is -0.507 e. The van der Waals surface area contributed by atoms with E-state index < -0.39 is 5.91 Å². The van der Waals surface area contributed by atoms with Crippen molar-refractivity contribution in [1.29, 1.82) is 0 Å². The quantitative estimate of drug-likeness (QED) is 0.289. The molecule has 2 N–H and O–H groups in total. The molecular formula is C25H22BrN3O2. The first-order valence-electron chi connectivity index (χ1n) is 9.87. The van der Waals surface area contributed by atoms with E-state index >= 15 is 0 Å². The van der Waals surface area contributed by atoms with Crippen molar-refractivity contribution in [1.82, 2.24) is 9.99 Å². The fourth-order valence-corrected chi connectivity index (χ4v) is 4.34. The number of hydrazone groups is 1. The first-order valence-corrected chi connectivity index (χ1v) is 10.7. The number of nitrogens with one attached hydrogen (secondary N) is 1. The number of halogens is 1. The third kappa shape index (κ3) is 3.86. The average molecular weight is 476 g/mol. The number of hydrogen-bond donors (Lipinski definition) is 2. The fraction of sp³-hybridized carbons (Fsp3) is 0.120. The van der Waals surface area contributed by atoms with Crippen LogP contribution in [-0.2, 0) is 0 Å². The summed E-state index contributed by atoms with van der Waals surface area (Å²) in [6.45, 7) is 6.13. The molecule has 0 aliphatic heterocycles. The van der Waals surface area contributed by atoms with Gasteiger partial charge in [0.1, 0.15) is 5.75 Å². The topological polar surface area (TPSA) is 66.6 Å². The van der Waals surface area contributed by atoms with Gasteiger partial charge in [-0.2, -0.15) is 5.10 Å². The Kier molecular flexibility index (Phi) is 5.65. The molecule has 0 fully saturated rings. The van der Waals surface area contributed by atoms with Crippen molar-refractivity contribution in [3.8, 4) is 11.4 Å². The standard InChI is InChI=1S/C25H22BrN3O2/c1-15-8-4-7-11-22(15)29-16(2)21(24(26)17(29)3)14-27-28-25(31)20-12-18-9-5-6-10-19(18)13-23(20)30/h4-14,30H,1-3H3,(H,28,31)/b27-14-. The van der Waals surface area contributed by atoms with E-state index in [0.29, 0.717) is 0 Å². The first kappa shape index (κ1) is 20.9. The number of carbonyl (C=O) groups is 1. The normalized spacial score (nSPS) is 11.4. The van der Waals surface area contributed by atoms with E-state index in [-0.39, 0.29) is 11.3 Å². The number of aromatic nitrogens is 1. The maximum Gasteiger partial charge on any atom is 0.275 e. The predicted molar refractivity (Wildman–Crippen MR) is 128 cm³/mol. The van der Waals surface area contributed by atoms with Gasteiger partial charge in [-0.25, -0.2) is 5.43 Å². The monoisotopic (exact) mass is 475 g/mol. The third-order valence-corrected chi connectivity index (χ3v) is 6.44. The summed E-state index contributed by atoms with van der Waals surface area (Å²) < 4.78 is 3.08. The molecule has 0 aliphatic carbocycles. The second kappa shape index (κ2) is 8.40. The zero-order valence-electron chi connectivity index (χ0n) is 17.5. The van der Waals surface area contributed by atoms with Gasteiger partial charge in [-0.3, -0.25) is 4.79 Å². The number of amides is 1. The van der Waals surface area contributed by atoms with Crippen LogP contribution in [0.25, 0.3) is 16.5 Å². The van der Waals surface area contributed by atoms with Crippen LogP contribution < -0.4 is 5.43 Å². The summed E-state index contributed by atoms with van der Waals surface area (Å²) >= 11 is 3.66. The molecule has 4 rings (SSSR count). The molecule has 4 aromatic rings. The Morgan fingerprint density at radius 2 is 1.65 bits per heavy atom. The van der Waals surface area contributed by atoms with Crippen molar-refractivity contribution in [2.45, 2.75) is 20.8 Å². The number of phenolic OH excluding ortho intramolecular Hbond substituents is 1. The van der Waals surface area contributed by atoms with Gasteiger partial charge in [0.2, 0.25) is 0 Å². The Labute approximate surface area is 189 Å². The van der Waals surface area contributed by atoms with E-state index in [1.165, 1.54) is 5.56 Å². The van der Waals surface area contributed by atoms with Gasteiger partial charge < -0.3 is 9.67 Å². The Morgan fingerprint density at radius 1 is 1.00 bits per heavy atom. The number of rotatable bonds is 4. The van der Waals surface area contributed by atoms with E-state index in [1.54, 1.807) is 18.3 Å². The molecular weight excluding hydrogens is 454 g/mol. The average Bonchev–Trinajstić information content (AvgIpc) is 2.96. The molecule has 0 atom stereocenters. The lowest BCUT2D eigenvalue weighted by molar-refractivity contribution is 0.0952. The molecule has 5 nitrogen and oxygen atoms in total. The lowest BCUT2D eigenvalue weighted by Crippen LogP contribution is -2.17. The molecule has 0 spiro atoms. The van der Waals surface area contributed by atoms with Crippen LogP contribution in [0.3, 0.4) is 0 Å². The summed E-state index contributed by atoms with van der Waals surface area (Å²) in [4.78, 5) is 12.6. The summed E-state index contributed by atoms with van der Waals surface area (Å²) in [5.74, 6) is -0.548. The number of fused-ring (bicyclic) bond motifs is 1. The minimum atomic E-state index is -0.469. The molecule has 0 aliphatic rings. The molecule has 1 heterocycles. The molecule has 0 unspecified atom stereocenters. The van der Waals surface area contributed by atoms with Crippen molar-refractivity contribution >= 4 is 38.8 Å². The van der Waals surface area contributed by atoms with Crippen LogP contribution >= 0.6 is 15.9 Å². The summed E-state index contributed by atoms with van der Waals surface area (Å²) in [5, 5.41) is 16.1. The maximum absolute atomic E-state index is 12.6. The van der Waals surface area contributed by atoms with E-state index in [2.05, 4.69) is 50.1 Å². The molecule has 6 heteroatoms. The van der Waals surface area contributed by atoms with Gasteiger partial charge in [-0.05, 0) is 71.2 Å². The molecule has 0 radical (unpaired) electrons. The van der Waals surface area contributed by atoms with E-state index in [4.69, 9.17) is 0 Å². The third-order valence-electron chi connectivity index (χ3n) is 5.44. The van der Waals surface area contributed by atoms with Gasteiger partial charge in [0.05, 0.1) is 11.8 Å². The second-order valence-electron chi connectivity index (χ2n) is 7.44. The van der Waals surface area contributed by atoms with Crippen LogP contribution in [0.4, 0.5) is 0 Å². The van der Waals surface area contributed by atoms with Crippen LogP contribution in [0.15, 0.2) is 70.2 Å². The Balaban J connectivity index is 1.61. The zero-order valence-corrected chi connectivity index (χ0v) is 19.1. The molecule has 1 aromatic heterocycles. The number of para-hydroxylation sites is 1. The van der Waals surface area contributed by atoms with Gasteiger partial charge in [0.15, 0.2) is 0 Å². The van der Waals surface area contributed by atoms with Gasteiger partial charge in [-0.1, -0.05) is 42.5 Å². The number of phenols is 1. The maximum atomic E-state index is 12.6. The number of hydrogen-bond acceptors (Lipinski definition) is 3. The largest absolute Gasteiger partial charge is 0.507 e. The first-order chi connectivity index (χ1) is 14.9. The van der Waals surface area contributed by atoms with Crippen LogP contribution in [0.2, 0.25) is 0 Å². The van der Waals surface area contributed by atoms with Gasteiger partial charge in [-0.15, -0.1) is 0 Å². The van der Waals surface area contributed by atoms with Crippen molar-refractivity contribution in [2.75, 3.05) is 0 Å². The Bertz CT molecular complexity index is 1340. The predicted octanol–water partition coefficient (Wildman–Crippen LogP) is 5.79. The highest BCUT2D eigenvalue weighted by molar-refractivity contribution is 9.10.